The molecule has 3 aromatic rings. The van der Waals surface area contributed by atoms with Gasteiger partial charge in [0, 0.05) is 22.4 Å². The van der Waals surface area contributed by atoms with E-state index in [-0.39, 0.29) is 0 Å². The van der Waals surface area contributed by atoms with Gasteiger partial charge in [-0.1, -0.05) is 15.9 Å². The standard InChI is InChI=1S/C14H11BrFN3/c15-9-1-2-13-12(5-9)17-14-6-11(3-4-19(13)14)18-7-10(16)8-18/h1-6,10H,7-8H2. The minimum absolute atomic E-state index is 0.488. The highest BCUT2D eigenvalue weighted by Gasteiger charge is 2.26. The first kappa shape index (κ1) is 11.2. The van der Waals surface area contributed by atoms with Gasteiger partial charge in [0.25, 0.3) is 0 Å². The number of hydrogen-bond acceptors (Lipinski definition) is 2. The Labute approximate surface area is 117 Å². The van der Waals surface area contributed by atoms with Gasteiger partial charge in [-0.25, -0.2) is 9.37 Å². The Kier molecular flexibility index (Phi) is 2.33. The first-order chi connectivity index (χ1) is 9.20. The number of fused-ring (bicyclic) bond motifs is 3. The molecule has 0 radical (unpaired) electrons. The number of halogens is 2. The van der Waals surface area contributed by atoms with Crippen LogP contribution in [0.2, 0.25) is 0 Å². The molecule has 0 saturated carbocycles. The van der Waals surface area contributed by atoms with E-state index in [2.05, 4.69) is 25.3 Å². The zero-order chi connectivity index (χ0) is 13.0. The van der Waals surface area contributed by atoms with E-state index in [0.29, 0.717) is 13.1 Å². The lowest BCUT2D eigenvalue weighted by molar-refractivity contribution is 0.275. The van der Waals surface area contributed by atoms with Gasteiger partial charge in [0.2, 0.25) is 0 Å². The molecule has 0 atom stereocenters. The molecule has 0 bridgehead atoms. The van der Waals surface area contributed by atoms with Gasteiger partial charge in [-0.05, 0) is 24.3 Å². The lowest BCUT2D eigenvalue weighted by atomic mass is 10.1. The Morgan fingerprint density at radius 2 is 2.05 bits per heavy atom. The van der Waals surface area contributed by atoms with Crippen molar-refractivity contribution < 1.29 is 4.39 Å². The van der Waals surface area contributed by atoms with Crippen molar-refractivity contribution in [3.05, 3.63) is 41.0 Å². The number of hydrogen-bond donors (Lipinski definition) is 0. The Hall–Kier alpha value is -1.62. The summed E-state index contributed by atoms with van der Waals surface area (Å²) in [4.78, 5) is 6.64. The van der Waals surface area contributed by atoms with Gasteiger partial charge < -0.3 is 4.90 Å². The van der Waals surface area contributed by atoms with Crippen LogP contribution in [-0.4, -0.2) is 28.6 Å². The summed E-state index contributed by atoms with van der Waals surface area (Å²) in [6, 6.07) is 10.1. The second-order valence-corrected chi connectivity index (χ2v) is 5.78. The van der Waals surface area contributed by atoms with Crippen LogP contribution < -0.4 is 4.90 Å². The van der Waals surface area contributed by atoms with Crippen molar-refractivity contribution in [3.63, 3.8) is 0 Å². The van der Waals surface area contributed by atoms with Crippen LogP contribution in [-0.2, 0) is 0 Å². The van der Waals surface area contributed by atoms with Crippen LogP contribution in [0.3, 0.4) is 0 Å². The van der Waals surface area contributed by atoms with Gasteiger partial charge in [-0.15, -0.1) is 0 Å². The third kappa shape index (κ3) is 1.72. The molecule has 19 heavy (non-hydrogen) atoms. The topological polar surface area (TPSA) is 20.5 Å². The average Bonchev–Trinajstić information content (AvgIpc) is 2.71. The third-order valence-corrected chi connectivity index (χ3v) is 4.05. The van der Waals surface area contributed by atoms with E-state index in [1.54, 1.807) is 0 Å². The molecule has 5 heteroatoms. The van der Waals surface area contributed by atoms with Crippen molar-refractivity contribution in [2.75, 3.05) is 18.0 Å². The Balaban J connectivity index is 1.87. The quantitative estimate of drug-likeness (QED) is 0.685. The highest BCUT2D eigenvalue weighted by atomic mass is 79.9. The molecular weight excluding hydrogens is 309 g/mol. The second kappa shape index (κ2) is 3.93. The van der Waals surface area contributed by atoms with E-state index < -0.39 is 6.17 Å². The van der Waals surface area contributed by atoms with Crippen molar-refractivity contribution in [2.24, 2.45) is 0 Å². The summed E-state index contributed by atoms with van der Waals surface area (Å²) in [6.07, 6.45) is 1.31. The van der Waals surface area contributed by atoms with Crippen molar-refractivity contribution >= 4 is 38.3 Å². The summed E-state index contributed by atoms with van der Waals surface area (Å²) in [5, 5.41) is 0. The molecule has 0 spiro atoms. The van der Waals surface area contributed by atoms with Crippen LogP contribution in [0, 0.1) is 0 Å². The number of benzene rings is 1. The SMILES string of the molecule is FC1CN(c2ccn3c(c2)nc2cc(Br)ccc23)C1. The molecule has 4 rings (SSSR count). The maximum atomic E-state index is 12.9. The molecule has 2 aromatic heterocycles. The molecule has 0 aliphatic carbocycles. The smallest absolute Gasteiger partial charge is 0.139 e. The molecule has 3 nitrogen and oxygen atoms in total. The van der Waals surface area contributed by atoms with Gasteiger partial charge in [-0.2, -0.15) is 0 Å². The molecule has 0 N–H and O–H groups in total. The van der Waals surface area contributed by atoms with Crippen LogP contribution in [0.4, 0.5) is 10.1 Å². The van der Waals surface area contributed by atoms with E-state index in [1.165, 1.54) is 0 Å². The normalized spacial score (nSPS) is 16.2. The van der Waals surface area contributed by atoms with E-state index in [9.17, 15) is 4.39 Å². The van der Waals surface area contributed by atoms with E-state index in [0.717, 1.165) is 26.8 Å². The van der Waals surface area contributed by atoms with Crippen LogP contribution in [0.5, 0.6) is 0 Å². The highest BCUT2D eigenvalue weighted by molar-refractivity contribution is 9.10. The van der Waals surface area contributed by atoms with Crippen LogP contribution in [0.15, 0.2) is 41.0 Å². The number of aromatic nitrogens is 2. The van der Waals surface area contributed by atoms with Crippen LogP contribution in [0.25, 0.3) is 16.7 Å². The largest absolute Gasteiger partial charge is 0.365 e. The Bertz CT molecular complexity index is 777. The van der Waals surface area contributed by atoms with E-state index in [1.807, 2.05) is 41.4 Å². The van der Waals surface area contributed by atoms with Crippen molar-refractivity contribution in [1.82, 2.24) is 9.38 Å². The van der Waals surface area contributed by atoms with Gasteiger partial charge >= 0.3 is 0 Å². The zero-order valence-corrected chi connectivity index (χ0v) is 11.6. The lowest BCUT2D eigenvalue weighted by Gasteiger charge is -2.36. The predicted molar refractivity (Wildman–Crippen MR) is 77.5 cm³/mol. The summed E-state index contributed by atoms with van der Waals surface area (Å²) in [5.74, 6) is 0. The number of imidazole rings is 1. The molecule has 1 saturated heterocycles. The Morgan fingerprint density at radius 3 is 2.84 bits per heavy atom. The average molecular weight is 320 g/mol. The molecule has 96 valence electrons. The predicted octanol–water partition coefficient (Wildman–Crippen LogP) is 3.41. The van der Waals surface area contributed by atoms with Gasteiger partial charge in [0.15, 0.2) is 0 Å². The number of anilines is 1. The summed E-state index contributed by atoms with van der Waals surface area (Å²) >= 11 is 3.46. The molecule has 0 amide bonds. The fraction of sp³-hybridized carbons (Fsp3) is 0.214. The van der Waals surface area contributed by atoms with Crippen LogP contribution >= 0.6 is 15.9 Å². The van der Waals surface area contributed by atoms with Crippen LogP contribution in [0.1, 0.15) is 0 Å². The van der Waals surface area contributed by atoms with Crippen molar-refractivity contribution in [2.45, 2.75) is 6.17 Å². The first-order valence-electron chi connectivity index (χ1n) is 6.17. The molecule has 1 fully saturated rings. The minimum Gasteiger partial charge on any atom is -0.365 e. The molecule has 0 unspecified atom stereocenters. The maximum absolute atomic E-state index is 12.9. The number of nitrogens with zero attached hydrogens (tertiary/aromatic N) is 3. The number of alkyl halides is 1. The highest BCUT2D eigenvalue weighted by Crippen LogP contribution is 2.26. The zero-order valence-electron chi connectivity index (χ0n) is 10.1. The summed E-state index contributed by atoms with van der Waals surface area (Å²) in [6.45, 7) is 0.976. The van der Waals surface area contributed by atoms with Gasteiger partial charge in [-0.3, -0.25) is 4.40 Å². The van der Waals surface area contributed by atoms with Crippen molar-refractivity contribution in [3.8, 4) is 0 Å². The van der Waals surface area contributed by atoms with E-state index >= 15 is 0 Å². The molecule has 1 aliphatic rings. The molecular formula is C14H11BrFN3. The monoisotopic (exact) mass is 319 g/mol. The van der Waals surface area contributed by atoms with Gasteiger partial charge in [0.05, 0.1) is 24.1 Å². The molecule has 3 heterocycles. The molecule has 1 aliphatic heterocycles. The minimum atomic E-state index is -0.689. The lowest BCUT2D eigenvalue weighted by Crippen LogP contribution is -2.48. The molecule has 1 aromatic carbocycles. The fourth-order valence-corrected chi connectivity index (χ4v) is 2.86. The van der Waals surface area contributed by atoms with E-state index in [4.69, 9.17) is 0 Å². The first-order valence-corrected chi connectivity index (χ1v) is 6.96. The third-order valence-electron chi connectivity index (χ3n) is 3.55. The summed E-state index contributed by atoms with van der Waals surface area (Å²) < 4.78 is 16.0. The fourth-order valence-electron chi connectivity index (χ4n) is 2.51. The van der Waals surface area contributed by atoms with Crippen molar-refractivity contribution in [1.29, 1.82) is 0 Å². The summed E-state index contributed by atoms with van der Waals surface area (Å²) in [7, 11) is 0. The number of rotatable bonds is 1. The second-order valence-electron chi connectivity index (χ2n) is 4.86. The maximum Gasteiger partial charge on any atom is 0.139 e. The van der Waals surface area contributed by atoms with Gasteiger partial charge in [0.1, 0.15) is 11.8 Å². The Morgan fingerprint density at radius 1 is 1.21 bits per heavy atom. The number of pyridine rings is 1. The summed E-state index contributed by atoms with van der Waals surface area (Å²) in [5.41, 5.74) is 3.97.